The van der Waals surface area contributed by atoms with Crippen LogP contribution in [0, 0.1) is 14.7 Å². The molecule has 14 fully saturated rings. The summed E-state index contributed by atoms with van der Waals surface area (Å²) >= 11 is 0. The Bertz CT molecular complexity index is 2370. The second-order valence-electron chi connectivity index (χ2n) is 16.4. The molecule has 63 heavy (non-hydrogen) atoms. The third kappa shape index (κ3) is 4.18. The van der Waals surface area contributed by atoms with E-state index in [4.69, 9.17) is 0 Å². The Morgan fingerprint density at radius 3 is 1.51 bits per heavy atom. The first-order valence-corrected chi connectivity index (χ1v) is 19.6. The van der Waals surface area contributed by atoms with Gasteiger partial charge in [-0.15, -0.1) is 0 Å². The fourth-order valence-electron chi connectivity index (χ4n) is 10.8. The summed E-state index contributed by atoms with van der Waals surface area (Å²) in [4.78, 5) is 178. The Kier molecular flexibility index (Phi) is 6.62. The average molecular weight is 886 g/mol. The number of imide groups is 1. The van der Waals surface area contributed by atoms with Gasteiger partial charge in [-0.2, -0.15) is 0 Å². The van der Waals surface area contributed by atoms with Crippen molar-refractivity contribution < 1.29 is 57.8 Å². The van der Waals surface area contributed by atoms with E-state index < -0.39 is 162 Å². The summed E-state index contributed by atoms with van der Waals surface area (Å²) in [6.07, 6.45) is -16.8. The quantitative estimate of drug-likeness (QED) is 0.102. The maximum Gasteiger partial charge on any atom is 0.518 e. The molecule has 0 spiro atoms. The van der Waals surface area contributed by atoms with Crippen molar-refractivity contribution in [1.29, 1.82) is 0 Å². The van der Waals surface area contributed by atoms with Crippen molar-refractivity contribution in [1.82, 2.24) is 107 Å². The van der Waals surface area contributed by atoms with Gasteiger partial charge in [0, 0.05) is 0 Å². The number of nitroso groups, excluding NO2 is 3. The van der Waals surface area contributed by atoms with Crippen LogP contribution in [0.4, 0.5) is 43.2 Å². The zero-order valence-electron chi connectivity index (χ0n) is 31.8. The summed E-state index contributed by atoms with van der Waals surface area (Å²) < 4.78 is 0. The molecule has 0 aliphatic carbocycles. The minimum absolute atomic E-state index is 0.0435. The van der Waals surface area contributed by atoms with Crippen LogP contribution in [0.25, 0.3) is 0 Å². The molecule has 15 bridgehead atoms. The third-order valence-electron chi connectivity index (χ3n) is 13.6. The van der Waals surface area contributed by atoms with Gasteiger partial charge in [0.15, 0.2) is 35.7 Å². The lowest BCUT2D eigenvalue weighted by Crippen LogP contribution is -2.73. The van der Waals surface area contributed by atoms with E-state index in [1.807, 2.05) is 0 Å². The highest BCUT2D eigenvalue weighted by Crippen LogP contribution is 2.39. The van der Waals surface area contributed by atoms with Crippen LogP contribution in [-0.2, 0) is 0 Å². The molecular weight excluding hydrogens is 852 g/mol. The van der Waals surface area contributed by atoms with Crippen LogP contribution in [0.5, 0.6) is 0 Å². The summed E-state index contributed by atoms with van der Waals surface area (Å²) in [5, 5.41) is 26.5. The summed E-state index contributed by atoms with van der Waals surface area (Å²) in [5.41, 5.74) is 0. The number of hydrogen-bond acceptors (Lipinski definition) is 16. The molecule has 0 radical (unpaired) electrons. The molecule has 14 aliphatic heterocycles. The lowest BCUT2D eigenvalue weighted by atomic mass is 10.3. The SMILES string of the molecule is O=C1NC2C3N1CNC1NCN3C(=O)N2CN2C(=O)N3C(=O)NC(NCN4C(=O)NC2C43)C2NCN3C(=O)N(CN4C(=O)N5C6C4NC(=O)N6[N+](=O)C1[N+]5=O)C1NC(=O)N(C13)[N+]2=O. The van der Waals surface area contributed by atoms with E-state index >= 15 is 0 Å². The largest absolute Gasteiger partial charge is 0.518 e. The predicted octanol–water partition coefficient (Wildman–Crippen LogP) is -8.09. The van der Waals surface area contributed by atoms with Gasteiger partial charge in [0.25, 0.3) is 6.17 Å². The van der Waals surface area contributed by atoms with Gasteiger partial charge < -0.3 is 26.6 Å². The molecule has 36 nitrogen and oxygen atoms in total. The van der Waals surface area contributed by atoms with Crippen LogP contribution < -0.4 is 47.9 Å². The molecule has 14 heterocycles. The van der Waals surface area contributed by atoms with Crippen molar-refractivity contribution in [3.8, 4) is 0 Å². The van der Waals surface area contributed by atoms with Crippen molar-refractivity contribution in [3.05, 3.63) is 14.7 Å². The van der Waals surface area contributed by atoms with E-state index in [-0.39, 0.29) is 21.3 Å². The Balaban J connectivity index is 0.914. The van der Waals surface area contributed by atoms with Crippen molar-refractivity contribution in [3.63, 3.8) is 0 Å². The fourth-order valence-corrected chi connectivity index (χ4v) is 10.8. The molecule has 12 atom stereocenters. The van der Waals surface area contributed by atoms with E-state index in [1.165, 1.54) is 9.80 Å². The Morgan fingerprint density at radius 2 is 0.841 bits per heavy atom. The molecule has 0 aromatic heterocycles. The molecule has 0 saturated carbocycles. The normalized spacial score (nSPS) is 39.7. The predicted molar refractivity (Wildman–Crippen MR) is 184 cm³/mol. The molecule has 14 rings (SSSR count). The molecule has 9 N–H and O–H groups in total. The van der Waals surface area contributed by atoms with Gasteiger partial charge >= 0.3 is 66.6 Å². The molecule has 0 aromatic carbocycles. The monoisotopic (exact) mass is 885 g/mol. The topological polar surface area (TPSA) is 361 Å². The zero-order chi connectivity index (χ0) is 43.4. The van der Waals surface area contributed by atoms with Crippen LogP contribution in [-0.4, -0.2) is 242 Å². The minimum Gasteiger partial charge on any atom is -0.314 e. The van der Waals surface area contributed by atoms with Crippen molar-refractivity contribution in [2.75, 3.05) is 40.0 Å². The average Bonchev–Trinajstić information content (AvgIpc) is 4.07. The van der Waals surface area contributed by atoms with Crippen LogP contribution >= 0.6 is 0 Å². The van der Waals surface area contributed by atoms with Gasteiger partial charge in [-0.1, -0.05) is 0 Å². The lowest BCUT2D eigenvalue weighted by Gasteiger charge is -2.35. The van der Waals surface area contributed by atoms with Crippen molar-refractivity contribution in [2.24, 2.45) is 0 Å². The number of carbonyl (C=O) groups excluding carboxylic acids is 9. The summed E-state index contributed by atoms with van der Waals surface area (Å²) in [7, 11) is 0. The molecule has 12 unspecified atom stereocenters. The zero-order valence-corrected chi connectivity index (χ0v) is 31.8. The number of amides is 18. The molecule has 330 valence electrons. The molecule has 14 saturated heterocycles. The molecule has 14 aliphatic rings. The second-order valence-corrected chi connectivity index (χ2v) is 16.4. The van der Waals surface area contributed by atoms with E-state index in [0.29, 0.717) is 15.0 Å². The van der Waals surface area contributed by atoms with Gasteiger partial charge in [-0.3, -0.25) is 55.1 Å². The van der Waals surface area contributed by atoms with Crippen LogP contribution in [0.1, 0.15) is 0 Å². The number of urea groups is 9. The molecule has 36 heteroatoms. The standard InChI is InChI=1S/C27H30N24O12/c52-19-33-10-15-37(19)2-29-8-14-50(62)47-18-13(36-23(47)56)44(27(60)48(18)51(14)63)6-42-12-17-40(25(42)58)4-31-9(49(61)46(17)22(55)35-12)7-28-1-38-16-11(34-20(38)53)43(26(59)45(16)21(54)32-7)5-41(10)24(57)39(15)3-30-8/h7-18,28-31H,1-6H2,(H2-3,32,33,34,35,36,52,53,54,55,56)/p+3. The number of rotatable bonds is 0. The summed E-state index contributed by atoms with van der Waals surface area (Å²) in [5.74, 6) is 0. The Labute approximate surface area is 347 Å². The number of nitrogens with zero attached hydrogens (tertiary/aromatic N) is 15. The van der Waals surface area contributed by atoms with E-state index in [2.05, 4.69) is 47.9 Å². The summed E-state index contributed by atoms with van der Waals surface area (Å²) in [6, 6.07) is -8.15. The highest BCUT2D eigenvalue weighted by molar-refractivity contribution is 5.98. The Morgan fingerprint density at radius 1 is 0.381 bits per heavy atom. The van der Waals surface area contributed by atoms with Crippen LogP contribution in [0.2, 0.25) is 0 Å². The van der Waals surface area contributed by atoms with Crippen LogP contribution in [0.3, 0.4) is 0 Å². The smallest absolute Gasteiger partial charge is 0.314 e. The van der Waals surface area contributed by atoms with Gasteiger partial charge in [-0.25, -0.2) is 53.4 Å². The first kappa shape index (κ1) is 36.0. The fraction of sp³-hybridized carbons (Fsp3) is 0.667. The van der Waals surface area contributed by atoms with Gasteiger partial charge in [0.1, 0.15) is 25.7 Å². The lowest BCUT2D eigenvalue weighted by molar-refractivity contribution is -0.947. The number of carbonyl (C=O) groups is 9. The van der Waals surface area contributed by atoms with Gasteiger partial charge in [0.2, 0.25) is 22.1 Å². The van der Waals surface area contributed by atoms with E-state index in [1.54, 1.807) is 0 Å². The van der Waals surface area contributed by atoms with E-state index in [0.717, 1.165) is 34.3 Å². The Hall–Kier alpha value is -7.73. The summed E-state index contributed by atoms with van der Waals surface area (Å²) in [6.45, 7) is -2.95. The third-order valence-corrected chi connectivity index (χ3v) is 13.6. The number of hydrazine groups is 3. The molecule has 18 amide bonds. The second kappa shape index (κ2) is 11.6. The highest BCUT2D eigenvalue weighted by Gasteiger charge is 2.78. The van der Waals surface area contributed by atoms with Crippen LogP contribution in [0.15, 0.2) is 0 Å². The minimum atomic E-state index is -1.99. The van der Waals surface area contributed by atoms with E-state index in [9.17, 15) is 57.9 Å². The molecule has 0 aromatic rings. The van der Waals surface area contributed by atoms with Gasteiger partial charge in [0.05, 0.1) is 41.4 Å². The van der Waals surface area contributed by atoms with Gasteiger partial charge in [-0.05, 0) is 15.0 Å². The maximum atomic E-state index is 14.3. The number of hydrogen-bond donors (Lipinski definition) is 9. The number of nitrogens with one attached hydrogen (secondary N) is 9. The van der Waals surface area contributed by atoms with Crippen molar-refractivity contribution >= 4 is 54.3 Å². The van der Waals surface area contributed by atoms with Crippen molar-refractivity contribution in [2.45, 2.75) is 74.0 Å². The first-order valence-electron chi connectivity index (χ1n) is 19.6. The molecular formula is C27H33N24O12+3. The maximum absolute atomic E-state index is 14.3. The highest BCUT2D eigenvalue weighted by atomic mass is 16.4. The number of fused-ring (bicyclic) bond motifs is 1. The first-order chi connectivity index (χ1) is 30.2.